The molecule has 0 atom stereocenters. The van der Waals surface area contributed by atoms with E-state index in [1.54, 1.807) is 18.2 Å². The third kappa shape index (κ3) is 5.70. The minimum absolute atomic E-state index is 0.0365. The van der Waals surface area contributed by atoms with Crippen molar-refractivity contribution in [1.82, 2.24) is 4.90 Å². The number of carbonyl (C=O) groups excluding carboxylic acids is 1. The van der Waals surface area contributed by atoms with Gasteiger partial charge in [0.25, 0.3) is 5.91 Å². The molecule has 0 unspecified atom stereocenters. The van der Waals surface area contributed by atoms with Gasteiger partial charge in [0, 0.05) is 6.26 Å². The van der Waals surface area contributed by atoms with E-state index in [0.717, 1.165) is 40.0 Å². The number of benzene rings is 2. The van der Waals surface area contributed by atoms with Crippen LogP contribution in [0.2, 0.25) is 0 Å². The van der Waals surface area contributed by atoms with E-state index >= 15 is 0 Å². The molecule has 0 fully saturated rings. The first-order chi connectivity index (χ1) is 17.6. The third-order valence-corrected chi connectivity index (χ3v) is 7.15. The molecule has 37 heavy (non-hydrogen) atoms. The van der Waals surface area contributed by atoms with E-state index in [9.17, 15) is 13.2 Å². The summed E-state index contributed by atoms with van der Waals surface area (Å²) in [5, 5.41) is 8.19. The van der Waals surface area contributed by atoms with Crippen LogP contribution in [-0.2, 0) is 14.6 Å². The van der Waals surface area contributed by atoms with Gasteiger partial charge in [-0.2, -0.15) is 9.39 Å². The number of nitrogens with zero attached hydrogens (tertiary/aromatic N) is 3. The molecule has 12 heteroatoms. The Balaban J connectivity index is 1.51. The summed E-state index contributed by atoms with van der Waals surface area (Å²) < 4.78 is 45.5. The maximum Gasteiger partial charge on any atom is 0.283 e. The fourth-order valence-electron chi connectivity index (χ4n) is 3.73. The normalized spacial score (nSPS) is 16.4. The Morgan fingerprint density at radius 1 is 1.05 bits per heavy atom. The minimum Gasteiger partial charge on any atom is -0.490 e. The van der Waals surface area contributed by atoms with Crippen LogP contribution in [0.15, 0.2) is 51.4 Å². The highest BCUT2D eigenvalue weighted by atomic mass is 32.2. The molecular weight excluding hydrogens is 516 g/mol. The Labute approximate surface area is 219 Å². The molecule has 0 aliphatic carbocycles. The van der Waals surface area contributed by atoms with Crippen molar-refractivity contribution in [2.24, 2.45) is 9.39 Å². The molecule has 0 aromatic heterocycles. The van der Waals surface area contributed by atoms with Crippen molar-refractivity contribution in [2.45, 2.75) is 20.8 Å². The lowest BCUT2D eigenvalue weighted by atomic mass is 10.1. The maximum absolute atomic E-state index is 12.6. The Morgan fingerprint density at radius 3 is 2.43 bits per heavy atom. The summed E-state index contributed by atoms with van der Waals surface area (Å²) in [5.74, 6) is 0.825. The van der Waals surface area contributed by atoms with Crippen molar-refractivity contribution in [3.05, 3.63) is 58.7 Å². The van der Waals surface area contributed by atoms with Crippen LogP contribution in [0.5, 0.6) is 17.2 Å². The summed E-state index contributed by atoms with van der Waals surface area (Å²) in [6.07, 6.45) is 2.45. The summed E-state index contributed by atoms with van der Waals surface area (Å²) in [6.45, 7) is 6.83. The Bertz CT molecular complexity index is 1440. The van der Waals surface area contributed by atoms with Crippen molar-refractivity contribution < 1.29 is 27.4 Å². The van der Waals surface area contributed by atoms with Gasteiger partial charge < -0.3 is 14.2 Å². The highest BCUT2D eigenvalue weighted by Crippen LogP contribution is 2.32. The SMILES string of the molecule is CCOc1cc(/C=C2/C(=N)N3C(=NC2=O)SN=C3S(C)(=O)=O)ccc1OCCOc1c(C)cccc1C. The monoisotopic (exact) mass is 542 g/mol. The molecule has 0 saturated heterocycles. The van der Waals surface area contributed by atoms with E-state index in [0.29, 0.717) is 30.3 Å². The second-order valence-electron chi connectivity index (χ2n) is 8.24. The number of fused-ring (bicyclic) bond motifs is 1. The zero-order chi connectivity index (χ0) is 26.7. The second kappa shape index (κ2) is 10.8. The average molecular weight is 543 g/mol. The first-order valence-corrected chi connectivity index (χ1v) is 14.0. The van der Waals surface area contributed by atoms with Gasteiger partial charge in [0.1, 0.15) is 24.8 Å². The first-order valence-electron chi connectivity index (χ1n) is 11.4. The quantitative estimate of drug-likeness (QED) is 0.303. The molecule has 0 bridgehead atoms. The number of rotatable bonds is 8. The second-order valence-corrected chi connectivity index (χ2v) is 10.9. The Hall–Kier alpha value is -3.64. The van der Waals surface area contributed by atoms with Crippen molar-refractivity contribution in [1.29, 1.82) is 5.41 Å². The highest BCUT2D eigenvalue weighted by molar-refractivity contribution is 8.16. The molecule has 2 heterocycles. The van der Waals surface area contributed by atoms with Gasteiger partial charge in [-0.3, -0.25) is 10.2 Å². The van der Waals surface area contributed by atoms with Crippen LogP contribution in [0.4, 0.5) is 0 Å². The van der Waals surface area contributed by atoms with Crippen molar-refractivity contribution in [2.75, 3.05) is 26.1 Å². The zero-order valence-corrected chi connectivity index (χ0v) is 22.4. The number of aliphatic imine (C=N–C) groups is 1. The summed E-state index contributed by atoms with van der Waals surface area (Å²) in [5.41, 5.74) is 2.59. The van der Waals surface area contributed by atoms with Gasteiger partial charge >= 0.3 is 0 Å². The van der Waals surface area contributed by atoms with Crippen LogP contribution in [0.1, 0.15) is 23.6 Å². The van der Waals surface area contributed by atoms with Crippen LogP contribution < -0.4 is 14.2 Å². The minimum atomic E-state index is -3.73. The number of nitrogens with one attached hydrogen (secondary N) is 1. The lowest BCUT2D eigenvalue weighted by Gasteiger charge is -2.23. The van der Waals surface area contributed by atoms with E-state index in [1.807, 2.05) is 39.0 Å². The van der Waals surface area contributed by atoms with Gasteiger partial charge in [0.2, 0.25) is 20.2 Å². The van der Waals surface area contributed by atoms with Crippen molar-refractivity contribution >= 4 is 49.9 Å². The molecule has 2 aliphatic rings. The molecule has 0 radical (unpaired) electrons. The summed E-state index contributed by atoms with van der Waals surface area (Å²) in [7, 11) is -3.73. The number of hydrogen-bond donors (Lipinski definition) is 1. The van der Waals surface area contributed by atoms with E-state index in [2.05, 4.69) is 9.39 Å². The average Bonchev–Trinajstić information content (AvgIpc) is 3.27. The molecule has 0 saturated carbocycles. The molecule has 2 aliphatic heterocycles. The molecule has 2 aromatic rings. The molecule has 194 valence electrons. The third-order valence-electron chi connectivity index (χ3n) is 5.40. The lowest BCUT2D eigenvalue weighted by molar-refractivity contribution is -0.114. The van der Waals surface area contributed by atoms with Crippen LogP contribution in [0, 0.1) is 19.3 Å². The summed E-state index contributed by atoms with van der Waals surface area (Å²) >= 11 is 0.747. The number of ether oxygens (including phenoxy) is 3. The van der Waals surface area contributed by atoms with Crippen LogP contribution >= 0.6 is 11.9 Å². The van der Waals surface area contributed by atoms with Crippen molar-refractivity contribution in [3.63, 3.8) is 0 Å². The van der Waals surface area contributed by atoms with Gasteiger partial charge in [-0.05, 0) is 55.7 Å². The smallest absolute Gasteiger partial charge is 0.283 e. The van der Waals surface area contributed by atoms with E-state index in [-0.39, 0.29) is 28.4 Å². The standard InChI is InChI=1S/C25H26N4O6S2/c1-5-33-20-14-17(9-10-19(20)34-11-12-35-21-15(2)7-6-8-16(21)3)13-18-22(26)29-24(27-23(18)30)36-28-25(29)37(4,31)32/h6-10,13-14,26H,5,11-12H2,1-4H3/b18-13-,26-22?. The topological polar surface area (TPSA) is 131 Å². The molecule has 10 nitrogen and oxygen atoms in total. The number of amidine groups is 3. The van der Waals surface area contributed by atoms with Crippen LogP contribution in [-0.4, -0.2) is 61.5 Å². The fraction of sp³-hybridized carbons (Fsp3) is 0.280. The molecule has 4 rings (SSSR count). The van der Waals surface area contributed by atoms with E-state index in [1.165, 1.54) is 6.08 Å². The van der Waals surface area contributed by atoms with Gasteiger partial charge in [-0.25, -0.2) is 13.3 Å². The predicted molar refractivity (Wildman–Crippen MR) is 144 cm³/mol. The summed E-state index contributed by atoms with van der Waals surface area (Å²) in [4.78, 5) is 17.6. The lowest BCUT2D eigenvalue weighted by Crippen LogP contribution is -2.45. The predicted octanol–water partition coefficient (Wildman–Crippen LogP) is 3.78. The largest absolute Gasteiger partial charge is 0.490 e. The number of carbonyl (C=O) groups is 1. The first kappa shape index (κ1) is 26.4. The number of amides is 1. The Kier molecular flexibility index (Phi) is 7.69. The van der Waals surface area contributed by atoms with Gasteiger partial charge in [-0.1, -0.05) is 24.3 Å². The van der Waals surface area contributed by atoms with Crippen LogP contribution in [0.3, 0.4) is 0 Å². The fourth-order valence-corrected chi connectivity index (χ4v) is 5.57. The molecule has 0 spiro atoms. The van der Waals surface area contributed by atoms with Crippen LogP contribution in [0.25, 0.3) is 6.08 Å². The molecule has 1 amide bonds. The van der Waals surface area contributed by atoms with Gasteiger partial charge in [0.15, 0.2) is 11.5 Å². The number of sulfone groups is 1. The summed E-state index contributed by atoms with van der Waals surface area (Å²) in [6, 6.07) is 11.1. The number of aryl methyl sites for hydroxylation is 2. The maximum atomic E-state index is 12.6. The van der Waals surface area contributed by atoms with E-state index in [4.69, 9.17) is 19.6 Å². The molecule has 1 N–H and O–H groups in total. The van der Waals surface area contributed by atoms with E-state index < -0.39 is 15.7 Å². The zero-order valence-electron chi connectivity index (χ0n) is 20.8. The number of para-hydroxylation sites is 1. The highest BCUT2D eigenvalue weighted by Gasteiger charge is 2.41. The molecular formula is C25H26N4O6S2. The van der Waals surface area contributed by atoms with Crippen molar-refractivity contribution in [3.8, 4) is 17.2 Å². The number of hydrogen-bond acceptors (Lipinski definition) is 9. The molecule has 2 aromatic carbocycles. The Morgan fingerprint density at radius 2 is 1.76 bits per heavy atom. The van der Waals surface area contributed by atoms with Gasteiger partial charge in [-0.15, -0.1) is 0 Å². The van der Waals surface area contributed by atoms with Gasteiger partial charge in [0.05, 0.1) is 24.1 Å².